The van der Waals surface area contributed by atoms with Gasteiger partial charge in [0.2, 0.25) is 0 Å². The van der Waals surface area contributed by atoms with Crippen LogP contribution in [-0.4, -0.2) is 51.1 Å². The Bertz CT molecular complexity index is 2690. The molecule has 0 unspecified atom stereocenters. The molecule has 10 nitrogen and oxygen atoms in total. The number of rotatable bonds is 2. The van der Waals surface area contributed by atoms with Crippen molar-refractivity contribution in [3.63, 3.8) is 0 Å². The second-order valence-corrected chi connectivity index (χ2v) is 17.1. The molecule has 0 spiro atoms. The van der Waals surface area contributed by atoms with Crippen molar-refractivity contribution in [1.29, 1.82) is 5.26 Å². The summed E-state index contributed by atoms with van der Waals surface area (Å²) in [6.45, 7) is 19.2. The second-order valence-electron chi connectivity index (χ2n) is 16.2. The number of hydrogen-bond acceptors (Lipinski definition) is 4. The third kappa shape index (κ3) is 7.46. The lowest BCUT2D eigenvalue weighted by atomic mass is 10.00. The number of fused-ring (bicyclic) bond motifs is 9. The molecule has 0 radical (unpaired) electrons. The van der Waals surface area contributed by atoms with Gasteiger partial charge in [-0.3, -0.25) is 14.4 Å². The Morgan fingerprint density at radius 1 is 0.603 bits per heavy atom. The first-order valence-corrected chi connectivity index (χ1v) is 21.0. The molecule has 3 aromatic carbocycles. The van der Waals surface area contributed by atoms with Crippen LogP contribution in [-0.2, 0) is 26.1 Å². The summed E-state index contributed by atoms with van der Waals surface area (Å²) in [5, 5.41) is 22.6. The molecular formula is C46H51Cl2N7O3. The van der Waals surface area contributed by atoms with Gasteiger partial charge in [0.05, 0.1) is 28.2 Å². The average Bonchev–Trinajstić information content (AvgIpc) is 3.48. The number of carbonyl (C=O) groups is 3. The summed E-state index contributed by atoms with van der Waals surface area (Å²) in [4.78, 5) is 36.6. The van der Waals surface area contributed by atoms with Crippen molar-refractivity contribution in [3.05, 3.63) is 102 Å². The third-order valence-electron chi connectivity index (χ3n) is 11.6. The number of nitriles is 1. The Morgan fingerprint density at radius 3 is 1.45 bits per heavy atom. The molecule has 0 atom stereocenters. The third-order valence-corrected chi connectivity index (χ3v) is 12.0. The van der Waals surface area contributed by atoms with E-state index in [2.05, 4.69) is 55.6 Å². The molecule has 3 aliphatic rings. The van der Waals surface area contributed by atoms with Gasteiger partial charge in [-0.15, -0.1) is 0 Å². The Morgan fingerprint density at radius 2 is 1.00 bits per heavy atom. The van der Waals surface area contributed by atoms with Crippen molar-refractivity contribution >= 4 is 73.6 Å². The van der Waals surface area contributed by atoms with Crippen molar-refractivity contribution in [2.45, 2.75) is 93.8 Å². The lowest BCUT2D eigenvalue weighted by Gasteiger charge is -2.12. The number of nitrogens with one attached hydrogen (secondary N) is 3. The van der Waals surface area contributed by atoms with Gasteiger partial charge in [-0.05, 0) is 136 Å². The summed E-state index contributed by atoms with van der Waals surface area (Å²) in [5.74, 6) is 0.603. The van der Waals surface area contributed by atoms with E-state index in [9.17, 15) is 14.4 Å². The van der Waals surface area contributed by atoms with Crippen molar-refractivity contribution in [3.8, 4) is 6.07 Å². The predicted octanol–water partition coefficient (Wildman–Crippen LogP) is 9.24. The first-order valence-electron chi connectivity index (χ1n) is 20.2. The minimum atomic E-state index is -0.0101. The fourth-order valence-corrected chi connectivity index (χ4v) is 9.68. The fourth-order valence-electron chi connectivity index (χ4n) is 9.17. The number of hydrogen-bond donors (Lipinski definition) is 3. The van der Waals surface area contributed by atoms with E-state index >= 15 is 0 Å². The Hall–Kier alpha value is -5.24. The van der Waals surface area contributed by atoms with Gasteiger partial charge in [-0.25, -0.2) is 0 Å². The second kappa shape index (κ2) is 16.6. The smallest absolute Gasteiger partial charge is 0.268 e. The zero-order chi connectivity index (χ0) is 41.6. The highest BCUT2D eigenvalue weighted by molar-refractivity contribution is 6.32. The Kier molecular flexibility index (Phi) is 11.7. The normalized spacial score (nSPS) is 15.1. The van der Waals surface area contributed by atoms with Gasteiger partial charge in [0.25, 0.3) is 17.7 Å². The summed E-state index contributed by atoms with van der Waals surface area (Å²) in [6, 6.07) is 13.9. The molecule has 0 saturated heterocycles. The summed E-state index contributed by atoms with van der Waals surface area (Å²) >= 11 is 12.4. The number of aromatic nitrogens is 3. The van der Waals surface area contributed by atoms with Crippen molar-refractivity contribution in [2.24, 2.45) is 5.92 Å². The molecule has 302 valence electrons. The SMILES string of the molecule is Cc1c2n(c3c(C)cc(C#N)cc13)CCCNC2=O.Cc1c2n(c3c(C)cc(Cl)cc13)CCCNC2=O.Cc1c2n(c3c(CC(C)C)cc(Cl)cc13)CCCNC2=O. The number of amides is 3. The lowest BCUT2D eigenvalue weighted by molar-refractivity contribution is 0.0942. The van der Waals surface area contributed by atoms with Gasteiger partial charge < -0.3 is 29.7 Å². The van der Waals surface area contributed by atoms with Gasteiger partial charge in [0, 0.05) is 65.5 Å². The molecule has 0 bridgehead atoms. The topological polar surface area (TPSA) is 126 Å². The Labute approximate surface area is 349 Å². The maximum absolute atomic E-state index is 12.3. The van der Waals surface area contributed by atoms with Gasteiger partial charge in [-0.2, -0.15) is 5.26 Å². The highest BCUT2D eigenvalue weighted by Crippen LogP contribution is 2.35. The first-order chi connectivity index (χ1) is 27.7. The quantitative estimate of drug-likeness (QED) is 0.161. The van der Waals surface area contributed by atoms with Gasteiger partial charge in [-0.1, -0.05) is 37.0 Å². The highest BCUT2D eigenvalue weighted by atomic mass is 35.5. The van der Waals surface area contributed by atoms with E-state index in [1.165, 1.54) is 11.1 Å². The zero-order valence-electron chi connectivity index (χ0n) is 34.4. The van der Waals surface area contributed by atoms with Crippen molar-refractivity contribution < 1.29 is 14.4 Å². The number of nitrogens with zero attached hydrogens (tertiary/aromatic N) is 4. The van der Waals surface area contributed by atoms with Crippen LogP contribution in [0.1, 0.15) is 104 Å². The molecule has 3 amide bonds. The van der Waals surface area contributed by atoms with E-state index < -0.39 is 0 Å². The van der Waals surface area contributed by atoms with Gasteiger partial charge in [0.15, 0.2) is 0 Å². The molecule has 3 aromatic heterocycles. The van der Waals surface area contributed by atoms with Crippen LogP contribution >= 0.6 is 23.2 Å². The predicted molar refractivity (Wildman–Crippen MR) is 234 cm³/mol. The maximum atomic E-state index is 12.3. The molecule has 9 rings (SSSR count). The van der Waals surface area contributed by atoms with E-state index in [0.717, 1.165) is 147 Å². The molecule has 6 aromatic rings. The highest BCUT2D eigenvalue weighted by Gasteiger charge is 2.26. The summed E-state index contributed by atoms with van der Waals surface area (Å²) in [7, 11) is 0. The minimum Gasteiger partial charge on any atom is -0.351 e. The van der Waals surface area contributed by atoms with E-state index in [-0.39, 0.29) is 17.7 Å². The van der Waals surface area contributed by atoms with E-state index in [0.29, 0.717) is 11.5 Å². The molecule has 6 heterocycles. The van der Waals surface area contributed by atoms with E-state index in [4.69, 9.17) is 28.5 Å². The molecular weight excluding hydrogens is 769 g/mol. The number of benzene rings is 3. The summed E-state index contributed by atoms with van der Waals surface area (Å²) in [5.41, 5.74) is 12.9. The van der Waals surface area contributed by atoms with Crippen molar-refractivity contribution in [2.75, 3.05) is 19.6 Å². The summed E-state index contributed by atoms with van der Waals surface area (Å²) in [6.07, 6.45) is 3.83. The Balaban J connectivity index is 0.000000133. The van der Waals surface area contributed by atoms with Gasteiger partial charge >= 0.3 is 0 Å². The molecule has 12 heteroatoms. The first kappa shape index (κ1) is 40.9. The number of halogens is 2. The van der Waals surface area contributed by atoms with Crippen molar-refractivity contribution in [1.82, 2.24) is 29.7 Å². The fraction of sp³-hybridized carbons (Fsp3) is 0.391. The van der Waals surface area contributed by atoms with Crippen LogP contribution in [0.5, 0.6) is 0 Å². The van der Waals surface area contributed by atoms with E-state index in [1.54, 1.807) is 0 Å². The summed E-state index contributed by atoms with van der Waals surface area (Å²) < 4.78 is 6.43. The van der Waals surface area contributed by atoms with Crippen LogP contribution in [0.2, 0.25) is 10.0 Å². The van der Waals surface area contributed by atoms with Crippen LogP contribution in [0.3, 0.4) is 0 Å². The number of carbonyl (C=O) groups excluding carboxylic acids is 3. The molecule has 3 N–H and O–H groups in total. The van der Waals surface area contributed by atoms with Crippen LogP contribution in [0.4, 0.5) is 0 Å². The van der Waals surface area contributed by atoms with Crippen LogP contribution in [0.15, 0.2) is 36.4 Å². The lowest BCUT2D eigenvalue weighted by Crippen LogP contribution is -2.23. The largest absolute Gasteiger partial charge is 0.351 e. The van der Waals surface area contributed by atoms with Crippen LogP contribution < -0.4 is 16.0 Å². The molecule has 0 saturated carbocycles. The molecule has 0 fully saturated rings. The molecule has 3 aliphatic heterocycles. The van der Waals surface area contributed by atoms with Crippen LogP contribution in [0, 0.1) is 51.9 Å². The van der Waals surface area contributed by atoms with E-state index in [1.807, 2.05) is 65.0 Å². The van der Waals surface area contributed by atoms with Gasteiger partial charge in [0.1, 0.15) is 17.1 Å². The zero-order valence-corrected chi connectivity index (χ0v) is 35.9. The van der Waals surface area contributed by atoms with Crippen LogP contribution in [0.25, 0.3) is 32.7 Å². The molecule has 58 heavy (non-hydrogen) atoms. The molecule has 0 aliphatic carbocycles. The maximum Gasteiger partial charge on any atom is 0.268 e. The standard InChI is InChI=1S/C17H21ClN2O.C15H15N3O.C14H15ClN2O/c1-10(2)7-12-8-13(18)9-14-11(3)15-17(21)19-5-4-6-20(15)16(12)14;1-9-6-11(8-16)7-12-10(2)14-15(19)17-4-3-5-18(14)13(9)12;1-8-6-10(15)7-11-9(2)13-14(18)16-4-3-5-17(13)12(8)11/h8-10H,4-7H2,1-3H3,(H,19,21);6-7H,3-5H2,1-2H3,(H,17,19);6-7H,3-5H2,1-2H3,(H,16,18). The minimum absolute atomic E-state index is 0.0101. The monoisotopic (exact) mass is 819 g/mol. The average molecular weight is 821 g/mol. The number of aryl methyl sites for hydroxylation is 8.